The van der Waals surface area contributed by atoms with E-state index in [4.69, 9.17) is 5.11 Å². The number of hydrogen-bond donors (Lipinski definition) is 1. The molecule has 0 radical (unpaired) electrons. The first-order valence-electron chi connectivity index (χ1n) is 1.41. The molecule has 0 aromatic rings. The van der Waals surface area contributed by atoms with Gasteiger partial charge >= 0.3 is 0 Å². The summed E-state index contributed by atoms with van der Waals surface area (Å²) in [6, 6.07) is 0. The van der Waals surface area contributed by atoms with Crippen LogP contribution < -0.4 is 0 Å². The van der Waals surface area contributed by atoms with Crippen molar-refractivity contribution in [2.75, 3.05) is 0 Å². The molecule has 7 heavy (non-hydrogen) atoms. The molecule has 0 spiro atoms. The van der Waals surface area contributed by atoms with E-state index in [2.05, 4.69) is 0 Å². The van der Waals surface area contributed by atoms with Gasteiger partial charge < -0.3 is 5.11 Å². The maximum Gasteiger partial charge on any atom is 0.0483 e. The topological polar surface area (TPSA) is 20.2 Å². The second-order valence-electron chi connectivity index (χ2n) is 1.09. The minimum atomic E-state index is -0.167. The predicted octanol–water partition coefficient (Wildman–Crippen LogP) is 1.23. The van der Waals surface area contributed by atoms with Crippen LogP contribution in [0.1, 0.15) is 13.8 Å². The molecule has 0 rings (SSSR count). The first-order valence-corrected chi connectivity index (χ1v) is 1.41. The molecule has 0 fully saturated rings. The summed E-state index contributed by atoms with van der Waals surface area (Å²) < 4.78 is 0. The van der Waals surface area contributed by atoms with Crippen LogP contribution in [0.3, 0.4) is 0 Å². The van der Waals surface area contributed by atoms with Gasteiger partial charge in [-0.05, 0) is 13.8 Å². The molecule has 46 valence electrons. The summed E-state index contributed by atoms with van der Waals surface area (Å²) in [6.45, 7) is 3.44. The van der Waals surface area contributed by atoms with Crippen molar-refractivity contribution in [1.29, 1.82) is 0 Å². The minimum Gasteiger partial charge on any atom is -0.394 e. The number of halogens is 2. The number of aliphatic hydroxyl groups excluding tert-OH is 1. The third-order valence-corrected chi connectivity index (χ3v) is 0. The zero-order valence-corrected chi connectivity index (χ0v) is 7.54. The van der Waals surface area contributed by atoms with Crippen LogP contribution >= 0.6 is 24.8 Å². The molecule has 1 N–H and O–H groups in total. The molecule has 0 heterocycles. The molecule has 1 nitrogen and oxygen atoms in total. The van der Waals surface area contributed by atoms with Crippen molar-refractivity contribution in [1.82, 2.24) is 0 Å². The fourth-order valence-electron chi connectivity index (χ4n) is 0. The van der Waals surface area contributed by atoms with Gasteiger partial charge in [-0.2, -0.15) is 0 Å². The van der Waals surface area contributed by atoms with Crippen LogP contribution in [0, 0.1) is 0 Å². The Bertz CT molecular complexity index is 17.7. The van der Waals surface area contributed by atoms with Gasteiger partial charge in [-0.15, -0.1) is 24.8 Å². The summed E-state index contributed by atoms with van der Waals surface area (Å²) in [5.74, 6) is 0. The van der Waals surface area contributed by atoms with E-state index in [1.54, 1.807) is 13.8 Å². The Labute approximate surface area is 71.6 Å². The number of hydrogen-bond acceptors (Lipinski definition) is 1. The standard InChI is InChI=1S/C3H8O.2ClH.Ti/c1-3(2)4;;;/h3-4H,1-2H3;2*1H;. The zero-order chi connectivity index (χ0) is 3.58. The van der Waals surface area contributed by atoms with Crippen molar-refractivity contribution in [3.8, 4) is 0 Å². The van der Waals surface area contributed by atoms with E-state index in [1.807, 2.05) is 0 Å². The third-order valence-electron chi connectivity index (χ3n) is 0. The third kappa shape index (κ3) is 127. The molecular weight excluding hydrogens is 171 g/mol. The first-order chi connectivity index (χ1) is 1.73. The Kier molecular flexibility index (Phi) is 53.8. The molecule has 0 aliphatic carbocycles. The molecular formula is C3H10Cl2OTi. The van der Waals surface area contributed by atoms with Crippen LogP contribution in [0.15, 0.2) is 0 Å². The van der Waals surface area contributed by atoms with Crippen molar-refractivity contribution in [2.24, 2.45) is 0 Å². The summed E-state index contributed by atoms with van der Waals surface area (Å²) in [5.41, 5.74) is 0. The molecule has 0 amide bonds. The SMILES string of the molecule is CC(C)O.Cl.Cl.[Ti]. The minimum absolute atomic E-state index is 0. The van der Waals surface area contributed by atoms with Gasteiger partial charge in [-0.1, -0.05) is 0 Å². The van der Waals surface area contributed by atoms with E-state index in [-0.39, 0.29) is 52.6 Å². The molecule has 0 aliphatic heterocycles. The smallest absolute Gasteiger partial charge is 0.0483 e. The van der Waals surface area contributed by atoms with Crippen molar-refractivity contribution in [3.63, 3.8) is 0 Å². The second kappa shape index (κ2) is 15.7. The summed E-state index contributed by atoms with van der Waals surface area (Å²) in [6.07, 6.45) is -0.167. The molecule has 0 aromatic heterocycles. The van der Waals surface area contributed by atoms with Crippen molar-refractivity contribution >= 4 is 24.8 Å². The number of aliphatic hydroxyl groups is 1. The van der Waals surface area contributed by atoms with E-state index >= 15 is 0 Å². The average Bonchev–Trinajstić information content (AvgIpc) is 0.811. The van der Waals surface area contributed by atoms with Gasteiger partial charge in [0, 0.05) is 27.8 Å². The Morgan fingerprint density at radius 2 is 1.14 bits per heavy atom. The summed E-state index contributed by atoms with van der Waals surface area (Å²) >= 11 is 0. The molecule has 0 unspecified atom stereocenters. The van der Waals surface area contributed by atoms with Crippen LogP contribution in [-0.2, 0) is 21.7 Å². The van der Waals surface area contributed by atoms with Crippen LogP contribution in [0.25, 0.3) is 0 Å². The van der Waals surface area contributed by atoms with E-state index in [0.717, 1.165) is 0 Å². The van der Waals surface area contributed by atoms with Gasteiger partial charge in [-0.3, -0.25) is 0 Å². The maximum atomic E-state index is 8.06. The van der Waals surface area contributed by atoms with Crippen LogP contribution in [0.2, 0.25) is 0 Å². The van der Waals surface area contributed by atoms with Crippen molar-refractivity contribution in [3.05, 3.63) is 0 Å². The van der Waals surface area contributed by atoms with E-state index in [9.17, 15) is 0 Å². The largest absolute Gasteiger partial charge is 0.394 e. The maximum absolute atomic E-state index is 8.06. The van der Waals surface area contributed by atoms with Gasteiger partial charge in [0.2, 0.25) is 0 Å². The van der Waals surface area contributed by atoms with Gasteiger partial charge in [0.05, 0.1) is 0 Å². The van der Waals surface area contributed by atoms with Gasteiger partial charge in [0.15, 0.2) is 0 Å². The summed E-state index contributed by atoms with van der Waals surface area (Å²) in [4.78, 5) is 0. The van der Waals surface area contributed by atoms with Crippen LogP contribution in [0.4, 0.5) is 0 Å². The van der Waals surface area contributed by atoms with Gasteiger partial charge in [0.25, 0.3) is 0 Å². The van der Waals surface area contributed by atoms with Gasteiger partial charge in [-0.25, -0.2) is 0 Å². The summed E-state index contributed by atoms with van der Waals surface area (Å²) in [7, 11) is 0. The van der Waals surface area contributed by atoms with E-state index in [0.29, 0.717) is 0 Å². The molecule has 0 saturated carbocycles. The van der Waals surface area contributed by atoms with Crippen molar-refractivity contribution in [2.45, 2.75) is 20.0 Å². The van der Waals surface area contributed by atoms with Crippen molar-refractivity contribution < 1.29 is 26.8 Å². The zero-order valence-electron chi connectivity index (χ0n) is 4.34. The second-order valence-corrected chi connectivity index (χ2v) is 1.09. The molecule has 0 bridgehead atoms. The Hall–Kier alpha value is 1.25. The molecule has 0 aliphatic rings. The average molecular weight is 181 g/mol. The monoisotopic (exact) mass is 180 g/mol. The first kappa shape index (κ1) is 24.0. The Morgan fingerprint density at radius 1 is 1.14 bits per heavy atom. The molecule has 0 saturated heterocycles. The summed E-state index contributed by atoms with van der Waals surface area (Å²) in [5, 5.41) is 8.06. The predicted molar refractivity (Wildman–Crippen MR) is 31.9 cm³/mol. The fraction of sp³-hybridized carbons (Fsp3) is 1.00. The van der Waals surface area contributed by atoms with Crippen LogP contribution in [-0.4, -0.2) is 11.2 Å². The van der Waals surface area contributed by atoms with Gasteiger partial charge in [0.1, 0.15) is 0 Å². The Balaban J connectivity index is -0.0000000150. The molecule has 0 aromatic carbocycles. The van der Waals surface area contributed by atoms with E-state index in [1.165, 1.54) is 0 Å². The van der Waals surface area contributed by atoms with Crippen LogP contribution in [0.5, 0.6) is 0 Å². The number of rotatable bonds is 0. The van der Waals surface area contributed by atoms with E-state index < -0.39 is 0 Å². The normalized spacial score (nSPS) is 5.14. The fourth-order valence-corrected chi connectivity index (χ4v) is 0. The Morgan fingerprint density at radius 3 is 1.14 bits per heavy atom. The molecule has 4 heteroatoms. The quantitative estimate of drug-likeness (QED) is 0.557. The molecule has 0 atom stereocenters.